The average molecular weight is 1470 g/mol. The van der Waals surface area contributed by atoms with E-state index in [2.05, 4.69) is 407 Å². The molecule has 5 heterocycles. The second-order valence-corrected chi connectivity index (χ2v) is 29.5. The summed E-state index contributed by atoms with van der Waals surface area (Å²) in [4.78, 5) is 4.60. The lowest BCUT2D eigenvalue weighted by atomic mass is 9.98. The molecule has 0 saturated carbocycles. The van der Waals surface area contributed by atoms with Crippen LogP contribution in [0.5, 0.6) is 0 Å². The molecule has 0 atom stereocenters. The number of fused-ring (bicyclic) bond motifs is 15. The molecule has 0 aliphatic rings. The summed E-state index contributed by atoms with van der Waals surface area (Å²) in [5, 5.41) is 11.7. The van der Waals surface area contributed by atoms with Gasteiger partial charge in [0.2, 0.25) is 0 Å². The average Bonchev–Trinajstić information content (AvgIpc) is 1.62. The van der Waals surface area contributed by atoms with E-state index in [1.807, 2.05) is 36.4 Å². The molecule has 23 aromatic rings. The summed E-state index contributed by atoms with van der Waals surface area (Å²) < 4.78 is 23.7. The number of hydrogen-bond acceptors (Lipinski definition) is 5. The van der Waals surface area contributed by atoms with E-state index in [1.54, 1.807) is 0 Å². The zero-order valence-electron chi connectivity index (χ0n) is 62.4. The van der Waals surface area contributed by atoms with Gasteiger partial charge >= 0.3 is 0 Å². The smallest absolute Gasteiger partial charge is 0.137 e. The second kappa shape index (κ2) is 27.8. The van der Waals surface area contributed by atoms with Crippen LogP contribution in [-0.2, 0) is 0 Å². The molecule has 0 spiro atoms. The molecule has 23 rings (SSSR count). The molecule has 0 saturated heterocycles. The van der Waals surface area contributed by atoms with Crippen LogP contribution in [-0.4, -0.2) is 9.13 Å². The van der Waals surface area contributed by atoms with Crippen molar-refractivity contribution < 1.29 is 13.3 Å². The van der Waals surface area contributed by atoms with Gasteiger partial charge < -0.3 is 32.2 Å². The first-order chi connectivity index (χ1) is 57.0. The summed E-state index contributed by atoms with van der Waals surface area (Å²) in [6.45, 7) is 0. The fourth-order valence-electron chi connectivity index (χ4n) is 17.3. The van der Waals surface area contributed by atoms with Crippen LogP contribution in [0.15, 0.2) is 438 Å². The van der Waals surface area contributed by atoms with Gasteiger partial charge in [0.05, 0.1) is 22.1 Å². The first-order valence-corrected chi connectivity index (χ1v) is 39.1. The molecule has 18 aromatic carbocycles. The molecule has 0 radical (unpaired) electrons. The molecular weight excluding hydrogens is 1400 g/mol. The highest BCUT2D eigenvalue weighted by atomic mass is 16.3. The third kappa shape index (κ3) is 11.8. The number of para-hydroxylation sites is 7. The maximum atomic E-state index is 6.33. The monoisotopic (exact) mass is 1470 g/mol. The summed E-state index contributed by atoms with van der Waals surface area (Å²) in [6.07, 6.45) is 0. The maximum Gasteiger partial charge on any atom is 0.137 e. The minimum Gasteiger partial charge on any atom is -0.456 e. The van der Waals surface area contributed by atoms with Gasteiger partial charge in [0.1, 0.15) is 33.5 Å². The summed E-state index contributed by atoms with van der Waals surface area (Å²) >= 11 is 0. The van der Waals surface area contributed by atoms with Crippen LogP contribution in [0.3, 0.4) is 0 Å². The van der Waals surface area contributed by atoms with Crippen molar-refractivity contribution >= 4 is 144 Å². The summed E-state index contributed by atoms with van der Waals surface area (Å²) in [5.41, 5.74) is 30.4. The van der Waals surface area contributed by atoms with Gasteiger partial charge in [-0.2, -0.15) is 0 Å². The van der Waals surface area contributed by atoms with Crippen LogP contribution in [0.2, 0.25) is 0 Å². The fourth-order valence-corrected chi connectivity index (χ4v) is 17.3. The van der Waals surface area contributed by atoms with Crippen LogP contribution >= 0.6 is 0 Å². The third-order valence-corrected chi connectivity index (χ3v) is 22.8. The first kappa shape index (κ1) is 66.5. The molecule has 0 bridgehead atoms. The van der Waals surface area contributed by atoms with Gasteiger partial charge in [-0.15, -0.1) is 0 Å². The molecule has 7 heteroatoms. The molecule has 7 nitrogen and oxygen atoms in total. The Kier molecular flexibility index (Phi) is 16.1. The van der Waals surface area contributed by atoms with Crippen molar-refractivity contribution in [1.82, 2.24) is 9.13 Å². The number of furan rings is 3. The number of rotatable bonds is 13. The van der Waals surface area contributed by atoms with Gasteiger partial charge in [-0.1, -0.05) is 255 Å². The molecular formula is C108H70N4O3. The Morgan fingerprint density at radius 1 is 0.148 bits per heavy atom. The molecule has 0 unspecified atom stereocenters. The molecule has 0 aliphatic heterocycles. The Hall–Kier alpha value is -15.4. The standard InChI is InChI=1S/C54H34N2O2.C54H36N2O/c1-2-13-39(14-3-1)55(41-26-29-47-45-16-5-8-19-51(45)57-53(47)33-41)40-24-21-35(22-25-40)36-11-10-12-37(31-36)38-23-28-44-43-15-4-7-18-49(43)56(50(44)32-38)42-27-30-48-46-17-6-9-20-52(46)58-54(48)34-42;1-3-12-37(13-4-1)38-22-27-44(28-23-38)55(43-16-5-2-6-17-43)45-29-24-39(25-30-45)40-14-11-15-41(34-40)42-26-32-48-47-18-7-9-20-51(47)56(52(48)35-42)46-31-33-50-49-19-8-10-21-53(49)57-54(50)36-46/h1-34H;1-36H. The van der Waals surface area contributed by atoms with Crippen molar-refractivity contribution in [2.24, 2.45) is 0 Å². The van der Waals surface area contributed by atoms with Crippen molar-refractivity contribution in [3.8, 4) is 67.0 Å². The number of nitrogens with zero attached hydrogens (tertiary/aromatic N) is 4. The Bertz CT molecular complexity index is 7640. The summed E-state index contributed by atoms with van der Waals surface area (Å²) in [5.74, 6) is 0. The molecule has 0 fully saturated rings. The van der Waals surface area contributed by atoms with Crippen LogP contribution < -0.4 is 9.80 Å². The Labute approximate surface area is 663 Å². The minimum absolute atomic E-state index is 0.874. The van der Waals surface area contributed by atoms with E-state index in [1.165, 1.54) is 66.0 Å². The third-order valence-electron chi connectivity index (χ3n) is 22.8. The predicted molar refractivity (Wildman–Crippen MR) is 480 cm³/mol. The topological polar surface area (TPSA) is 55.8 Å². The van der Waals surface area contributed by atoms with Crippen LogP contribution in [0.25, 0.3) is 176 Å². The molecule has 540 valence electrons. The minimum atomic E-state index is 0.874. The van der Waals surface area contributed by atoms with E-state index in [0.29, 0.717) is 0 Å². The highest BCUT2D eigenvalue weighted by molar-refractivity contribution is 6.14. The van der Waals surface area contributed by atoms with E-state index < -0.39 is 0 Å². The van der Waals surface area contributed by atoms with E-state index in [9.17, 15) is 0 Å². The second-order valence-electron chi connectivity index (χ2n) is 29.5. The predicted octanol–water partition coefficient (Wildman–Crippen LogP) is 30.5. The van der Waals surface area contributed by atoms with E-state index >= 15 is 0 Å². The zero-order valence-corrected chi connectivity index (χ0v) is 62.4. The highest BCUT2D eigenvalue weighted by Gasteiger charge is 2.22. The lowest BCUT2D eigenvalue weighted by Crippen LogP contribution is -2.09. The quantitative estimate of drug-likeness (QED) is 0.115. The Balaban J connectivity index is 0.000000140. The van der Waals surface area contributed by atoms with Crippen molar-refractivity contribution in [3.05, 3.63) is 425 Å². The highest BCUT2D eigenvalue weighted by Crippen LogP contribution is 2.45. The lowest BCUT2D eigenvalue weighted by molar-refractivity contribution is 0.668. The van der Waals surface area contributed by atoms with E-state index in [4.69, 9.17) is 13.3 Å². The molecule has 0 amide bonds. The molecule has 5 aromatic heterocycles. The zero-order chi connectivity index (χ0) is 75.9. The van der Waals surface area contributed by atoms with Crippen molar-refractivity contribution in [2.45, 2.75) is 0 Å². The number of anilines is 6. The van der Waals surface area contributed by atoms with Gasteiger partial charge in [-0.25, -0.2) is 0 Å². The molecule has 0 aliphatic carbocycles. The van der Waals surface area contributed by atoms with Crippen LogP contribution in [0.4, 0.5) is 34.1 Å². The van der Waals surface area contributed by atoms with Crippen LogP contribution in [0, 0.1) is 0 Å². The Morgan fingerprint density at radius 2 is 0.409 bits per heavy atom. The largest absolute Gasteiger partial charge is 0.456 e. The fraction of sp³-hybridized carbons (Fsp3) is 0. The van der Waals surface area contributed by atoms with Crippen molar-refractivity contribution in [3.63, 3.8) is 0 Å². The molecule has 0 N–H and O–H groups in total. The Morgan fingerprint density at radius 3 is 0.835 bits per heavy atom. The van der Waals surface area contributed by atoms with Crippen molar-refractivity contribution in [1.29, 1.82) is 0 Å². The van der Waals surface area contributed by atoms with E-state index in [0.717, 1.165) is 145 Å². The lowest BCUT2D eigenvalue weighted by Gasteiger charge is -2.26. The molecule has 115 heavy (non-hydrogen) atoms. The van der Waals surface area contributed by atoms with Gasteiger partial charge in [0.15, 0.2) is 0 Å². The number of hydrogen-bond donors (Lipinski definition) is 0. The SMILES string of the molecule is c1ccc(-c2ccc(N(c3ccccc3)c3ccc(-c4cccc(-c5ccc6c7ccccc7n(-c7ccc8c(c7)oc7ccccc78)c6c5)c4)cc3)cc2)cc1.c1ccc(N(c2ccc(-c3cccc(-c4ccc5c6ccccc6n(-c6ccc7c(c6)oc6ccccc67)c5c4)c3)cc2)c2ccc3c(c2)oc2ccccc23)cc1. The number of aromatic nitrogens is 2. The van der Waals surface area contributed by atoms with E-state index in [-0.39, 0.29) is 0 Å². The first-order valence-electron chi connectivity index (χ1n) is 39.1. The van der Waals surface area contributed by atoms with Gasteiger partial charge in [-0.05, 0) is 207 Å². The number of benzene rings is 18. The maximum absolute atomic E-state index is 6.33. The summed E-state index contributed by atoms with van der Waals surface area (Å²) in [6, 6.07) is 151. The van der Waals surface area contributed by atoms with Gasteiger partial charge in [-0.3, -0.25) is 0 Å². The van der Waals surface area contributed by atoms with Gasteiger partial charge in [0.25, 0.3) is 0 Å². The van der Waals surface area contributed by atoms with Gasteiger partial charge in [0, 0.05) is 118 Å². The van der Waals surface area contributed by atoms with Crippen molar-refractivity contribution in [2.75, 3.05) is 9.80 Å². The van der Waals surface area contributed by atoms with Crippen LogP contribution in [0.1, 0.15) is 0 Å². The normalized spacial score (nSPS) is 11.7. The summed E-state index contributed by atoms with van der Waals surface area (Å²) in [7, 11) is 0.